The van der Waals surface area contributed by atoms with Crippen molar-refractivity contribution >= 4 is 11.9 Å². The van der Waals surface area contributed by atoms with Crippen molar-refractivity contribution in [2.24, 2.45) is 0 Å². The number of carbonyl (C=O) groups is 1. The molecule has 0 aliphatic heterocycles. The molecule has 23 heavy (non-hydrogen) atoms. The number of carbonyl (C=O) groups excluding carboxylic acids is 1. The molecule has 3 rings (SSSR count). The summed E-state index contributed by atoms with van der Waals surface area (Å²) in [4.78, 5) is 24.6. The Morgan fingerprint density at radius 2 is 2.04 bits per heavy atom. The Labute approximate surface area is 134 Å². The third-order valence-corrected chi connectivity index (χ3v) is 3.84. The van der Waals surface area contributed by atoms with Crippen LogP contribution in [0, 0.1) is 0 Å². The van der Waals surface area contributed by atoms with Gasteiger partial charge >= 0.3 is 0 Å². The van der Waals surface area contributed by atoms with Gasteiger partial charge in [0.2, 0.25) is 11.8 Å². The van der Waals surface area contributed by atoms with Gasteiger partial charge in [-0.15, -0.1) is 0 Å². The maximum atomic E-state index is 12.1. The van der Waals surface area contributed by atoms with Crippen LogP contribution in [0.25, 0.3) is 0 Å². The molecule has 122 valence electrons. The van der Waals surface area contributed by atoms with Crippen LogP contribution in [-0.2, 0) is 6.54 Å². The molecule has 1 amide bonds. The first-order valence-corrected chi connectivity index (χ1v) is 7.93. The van der Waals surface area contributed by atoms with Gasteiger partial charge in [0.1, 0.15) is 0 Å². The highest BCUT2D eigenvalue weighted by Crippen LogP contribution is 2.32. The quantitative estimate of drug-likeness (QED) is 0.838. The Morgan fingerprint density at radius 3 is 2.74 bits per heavy atom. The molecule has 2 aromatic heterocycles. The standard InChI is InChI=1S/C15H20N6O2/c1-2-16-15-18-7-11(8-19-15)13(22)17-9-12-20-14(23-21-12)10-5-3-4-6-10/h7-8,10H,2-6,9H2,1H3,(H,17,22)(H,16,18,19). The predicted molar refractivity (Wildman–Crippen MR) is 82.9 cm³/mol. The zero-order chi connectivity index (χ0) is 16.1. The largest absolute Gasteiger partial charge is 0.355 e. The zero-order valence-corrected chi connectivity index (χ0v) is 13.1. The van der Waals surface area contributed by atoms with E-state index < -0.39 is 0 Å². The van der Waals surface area contributed by atoms with E-state index in [9.17, 15) is 4.79 Å². The minimum atomic E-state index is -0.264. The number of anilines is 1. The van der Waals surface area contributed by atoms with Crippen molar-refractivity contribution in [3.8, 4) is 0 Å². The van der Waals surface area contributed by atoms with Crippen molar-refractivity contribution in [1.82, 2.24) is 25.4 Å². The summed E-state index contributed by atoms with van der Waals surface area (Å²) in [5.74, 6) is 1.79. The predicted octanol–water partition coefficient (Wildman–Crippen LogP) is 1.88. The number of aromatic nitrogens is 4. The summed E-state index contributed by atoms with van der Waals surface area (Å²) in [5, 5.41) is 9.64. The average molecular weight is 316 g/mol. The molecular formula is C15H20N6O2. The summed E-state index contributed by atoms with van der Waals surface area (Å²) in [6.07, 6.45) is 7.60. The van der Waals surface area contributed by atoms with Gasteiger partial charge in [0.05, 0.1) is 12.1 Å². The van der Waals surface area contributed by atoms with Crippen LogP contribution in [0.4, 0.5) is 5.95 Å². The van der Waals surface area contributed by atoms with Crippen LogP contribution in [0.3, 0.4) is 0 Å². The molecule has 0 atom stereocenters. The van der Waals surface area contributed by atoms with Crippen molar-refractivity contribution in [3.63, 3.8) is 0 Å². The fraction of sp³-hybridized carbons (Fsp3) is 0.533. The first-order chi connectivity index (χ1) is 11.3. The molecule has 0 bridgehead atoms. The van der Waals surface area contributed by atoms with Crippen molar-refractivity contribution in [2.75, 3.05) is 11.9 Å². The van der Waals surface area contributed by atoms with Crippen LogP contribution in [0.1, 0.15) is 60.6 Å². The number of nitrogens with one attached hydrogen (secondary N) is 2. The molecule has 0 unspecified atom stereocenters. The number of rotatable bonds is 6. The van der Waals surface area contributed by atoms with E-state index in [1.54, 1.807) is 0 Å². The number of nitrogens with zero attached hydrogens (tertiary/aromatic N) is 4. The summed E-state index contributed by atoms with van der Waals surface area (Å²) in [7, 11) is 0. The third kappa shape index (κ3) is 3.82. The van der Waals surface area contributed by atoms with Gasteiger partial charge in [-0.3, -0.25) is 4.79 Å². The van der Waals surface area contributed by atoms with Gasteiger partial charge in [-0.2, -0.15) is 4.98 Å². The van der Waals surface area contributed by atoms with Gasteiger partial charge in [-0.1, -0.05) is 18.0 Å². The minimum Gasteiger partial charge on any atom is -0.355 e. The molecule has 1 fully saturated rings. The van der Waals surface area contributed by atoms with E-state index in [2.05, 4.69) is 30.7 Å². The molecular weight excluding hydrogens is 296 g/mol. The molecule has 1 aliphatic carbocycles. The van der Waals surface area contributed by atoms with E-state index in [1.165, 1.54) is 25.2 Å². The molecule has 1 saturated carbocycles. The fourth-order valence-corrected chi connectivity index (χ4v) is 2.63. The maximum Gasteiger partial charge on any atom is 0.254 e. The van der Waals surface area contributed by atoms with Crippen LogP contribution in [0.5, 0.6) is 0 Å². The molecule has 0 saturated heterocycles. The SMILES string of the molecule is CCNc1ncc(C(=O)NCc2noc(C3CCCC3)n2)cn1. The Balaban J connectivity index is 1.54. The van der Waals surface area contributed by atoms with Crippen molar-refractivity contribution in [2.45, 2.75) is 45.1 Å². The normalized spacial score (nSPS) is 14.8. The lowest BCUT2D eigenvalue weighted by Crippen LogP contribution is -2.24. The van der Waals surface area contributed by atoms with E-state index in [1.807, 2.05) is 6.92 Å². The number of hydrogen-bond donors (Lipinski definition) is 2. The van der Waals surface area contributed by atoms with E-state index in [-0.39, 0.29) is 12.5 Å². The number of amides is 1. The van der Waals surface area contributed by atoms with Gasteiger partial charge < -0.3 is 15.2 Å². The lowest BCUT2D eigenvalue weighted by Gasteiger charge is -2.04. The molecule has 1 aliphatic rings. The van der Waals surface area contributed by atoms with E-state index in [4.69, 9.17) is 4.52 Å². The minimum absolute atomic E-state index is 0.226. The first-order valence-electron chi connectivity index (χ1n) is 7.93. The topological polar surface area (TPSA) is 106 Å². The van der Waals surface area contributed by atoms with Gasteiger partial charge in [-0.05, 0) is 19.8 Å². The van der Waals surface area contributed by atoms with Crippen molar-refractivity contribution < 1.29 is 9.32 Å². The van der Waals surface area contributed by atoms with Gasteiger partial charge in [0.15, 0.2) is 5.82 Å². The third-order valence-electron chi connectivity index (χ3n) is 3.84. The summed E-state index contributed by atoms with van der Waals surface area (Å²) >= 11 is 0. The van der Waals surface area contributed by atoms with Crippen molar-refractivity contribution in [1.29, 1.82) is 0 Å². The van der Waals surface area contributed by atoms with E-state index >= 15 is 0 Å². The van der Waals surface area contributed by atoms with Crippen molar-refractivity contribution in [3.05, 3.63) is 29.7 Å². The summed E-state index contributed by atoms with van der Waals surface area (Å²) < 4.78 is 5.28. The fourth-order valence-electron chi connectivity index (χ4n) is 2.63. The van der Waals surface area contributed by atoms with Crippen LogP contribution >= 0.6 is 0 Å². The lowest BCUT2D eigenvalue weighted by atomic mass is 10.1. The second kappa shape index (κ2) is 7.17. The molecule has 0 radical (unpaired) electrons. The van der Waals surface area contributed by atoms with Crippen LogP contribution < -0.4 is 10.6 Å². The Morgan fingerprint density at radius 1 is 1.30 bits per heavy atom. The van der Waals surface area contributed by atoms with Gasteiger partial charge in [0.25, 0.3) is 5.91 Å². The molecule has 2 heterocycles. The molecule has 0 aromatic carbocycles. The highest BCUT2D eigenvalue weighted by Gasteiger charge is 2.23. The Hall–Kier alpha value is -2.51. The summed E-state index contributed by atoms with van der Waals surface area (Å²) in [5.41, 5.74) is 0.395. The molecule has 8 heteroatoms. The van der Waals surface area contributed by atoms with Gasteiger partial charge in [0, 0.05) is 24.9 Å². The van der Waals surface area contributed by atoms with Gasteiger partial charge in [-0.25, -0.2) is 9.97 Å². The highest BCUT2D eigenvalue weighted by atomic mass is 16.5. The van der Waals surface area contributed by atoms with E-state index in [0.29, 0.717) is 29.1 Å². The molecule has 8 nitrogen and oxygen atoms in total. The number of hydrogen-bond acceptors (Lipinski definition) is 7. The van der Waals surface area contributed by atoms with Crippen LogP contribution in [-0.4, -0.2) is 32.6 Å². The average Bonchev–Trinajstić information content (AvgIpc) is 3.25. The molecule has 0 spiro atoms. The summed E-state index contributed by atoms with van der Waals surface area (Å²) in [6, 6.07) is 0. The Kier molecular flexibility index (Phi) is 4.80. The maximum absolute atomic E-state index is 12.1. The smallest absolute Gasteiger partial charge is 0.254 e. The monoisotopic (exact) mass is 316 g/mol. The second-order valence-corrected chi connectivity index (χ2v) is 5.54. The first kappa shape index (κ1) is 15.4. The second-order valence-electron chi connectivity index (χ2n) is 5.54. The van der Waals surface area contributed by atoms with E-state index in [0.717, 1.165) is 19.4 Å². The lowest BCUT2D eigenvalue weighted by molar-refractivity contribution is 0.0949. The Bertz CT molecular complexity index is 648. The zero-order valence-electron chi connectivity index (χ0n) is 13.1. The summed E-state index contributed by atoms with van der Waals surface area (Å²) in [6.45, 7) is 2.91. The van der Waals surface area contributed by atoms with Crippen LogP contribution in [0.15, 0.2) is 16.9 Å². The molecule has 2 aromatic rings. The molecule has 2 N–H and O–H groups in total. The van der Waals surface area contributed by atoms with Crippen LogP contribution in [0.2, 0.25) is 0 Å². The highest BCUT2D eigenvalue weighted by molar-refractivity contribution is 5.93.